The second-order valence-electron chi connectivity index (χ2n) is 7.95. The molecule has 1 aromatic carbocycles. The number of nitrogens with two attached hydrogens (primary N) is 1. The summed E-state index contributed by atoms with van der Waals surface area (Å²) in [6.07, 6.45) is -0.960. The number of benzene rings is 1. The van der Waals surface area contributed by atoms with Gasteiger partial charge in [0.15, 0.2) is 17.7 Å². The van der Waals surface area contributed by atoms with Gasteiger partial charge in [-0.15, -0.1) is 0 Å². The number of carbonyl (C=O) groups is 1. The van der Waals surface area contributed by atoms with E-state index in [0.717, 1.165) is 0 Å². The Balaban J connectivity index is 1.48. The predicted molar refractivity (Wildman–Crippen MR) is 129 cm³/mol. The van der Waals surface area contributed by atoms with Crippen molar-refractivity contribution < 1.29 is 33.0 Å². The number of hydrogen-bond donors (Lipinski definition) is 3. The summed E-state index contributed by atoms with van der Waals surface area (Å²) >= 11 is 5.92. The molecule has 0 spiro atoms. The first kappa shape index (κ1) is 26.3. The first-order valence-electron chi connectivity index (χ1n) is 11.1. The van der Waals surface area contributed by atoms with Crippen molar-refractivity contribution in [2.45, 2.75) is 44.7 Å². The molecular weight excluding hydrogens is 515 g/mol. The summed E-state index contributed by atoms with van der Waals surface area (Å²) < 4.78 is 37.2. The molecule has 194 valence electrons. The van der Waals surface area contributed by atoms with E-state index in [-0.39, 0.29) is 36.5 Å². The minimum atomic E-state index is -4.07. The Morgan fingerprint density at radius 2 is 2.14 bits per heavy atom. The van der Waals surface area contributed by atoms with Gasteiger partial charge in [0.1, 0.15) is 23.4 Å². The minimum Gasteiger partial charge on any atom is -0.465 e. The molecule has 4 N–H and O–H groups in total. The van der Waals surface area contributed by atoms with Crippen LogP contribution in [0.25, 0.3) is 11.2 Å². The molecule has 5 atom stereocenters. The topological polar surface area (TPSA) is 173 Å². The van der Waals surface area contributed by atoms with Crippen LogP contribution in [0.15, 0.2) is 36.7 Å². The molecule has 13 nitrogen and oxygen atoms in total. The van der Waals surface area contributed by atoms with Crippen LogP contribution in [0.5, 0.6) is 5.75 Å². The van der Waals surface area contributed by atoms with Gasteiger partial charge < -0.3 is 24.8 Å². The van der Waals surface area contributed by atoms with Gasteiger partial charge in [0.25, 0.3) is 0 Å². The number of nitrogens with zero attached hydrogens (tertiary/aromatic N) is 4. The van der Waals surface area contributed by atoms with Crippen LogP contribution >= 0.6 is 19.3 Å². The van der Waals surface area contributed by atoms with E-state index in [4.69, 9.17) is 35.9 Å². The molecule has 1 fully saturated rings. The molecule has 2 aromatic heterocycles. The third kappa shape index (κ3) is 5.94. The first-order chi connectivity index (χ1) is 17.2. The Hall–Kier alpha value is -2.80. The van der Waals surface area contributed by atoms with Gasteiger partial charge in [-0.3, -0.25) is 13.9 Å². The second kappa shape index (κ2) is 11.1. The average molecular weight is 541 g/mol. The lowest BCUT2D eigenvalue weighted by Gasteiger charge is -2.24. The highest BCUT2D eigenvalue weighted by Gasteiger charge is 2.39. The normalized spacial score (nSPS) is 22.3. The van der Waals surface area contributed by atoms with E-state index in [1.807, 2.05) is 0 Å². The van der Waals surface area contributed by atoms with Crippen LogP contribution < -0.4 is 15.3 Å². The number of esters is 1. The van der Waals surface area contributed by atoms with Crippen LogP contribution in [-0.4, -0.2) is 62.1 Å². The van der Waals surface area contributed by atoms with Crippen LogP contribution in [0.4, 0.5) is 5.82 Å². The van der Waals surface area contributed by atoms with Crippen molar-refractivity contribution in [2.75, 3.05) is 18.9 Å². The molecule has 0 aliphatic carbocycles. The lowest BCUT2D eigenvalue weighted by molar-refractivity contribution is -0.144. The summed E-state index contributed by atoms with van der Waals surface area (Å²) in [6.45, 7) is 3.09. The Morgan fingerprint density at radius 3 is 2.86 bits per heavy atom. The number of halogens is 1. The zero-order valence-electron chi connectivity index (χ0n) is 19.5. The molecule has 3 heterocycles. The monoisotopic (exact) mass is 540 g/mol. The third-order valence-corrected chi connectivity index (χ3v) is 7.06. The maximum atomic E-state index is 13.6. The third-order valence-electron chi connectivity index (χ3n) is 5.25. The highest BCUT2D eigenvalue weighted by Crippen LogP contribution is 2.46. The standard InChI is InChI=1S/C21H26ClN6O7P/c1-3-32-20(30)12(2)27-36(31,35-13-7-5-4-6-8-13)33-10-14-9-15(29)19(34-14)28-11-24-16-17(23)25-21(22)26-18(16)28/h4-8,11-12,14-15,19,29H,3,9-10H2,1-2H3,(H,27,31)(H2,23,25,26)/t12-,14-,15+,19+,36?/m0/s1. The van der Waals surface area contributed by atoms with Crippen LogP contribution in [0.1, 0.15) is 26.5 Å². The van der Waals surface area contributed by atoms with E-state index in [1.165, 1.54) is 17.8 Å². The van der Waals surface area contributed by atoms with Crippen molar-refractivity contribution in [1.29, 1.82) is 0 Å². The van der Waals surface area contributed by atoms with E-state index >= 15 is 0 Å². The summed E-state index contributed by atoms with van der Waals surface area (Å²) in [6, 6.07) is 7.39. The van der Waals surface area contributed by atoms with Gasteiger partial charge in [0.05, 0.1) is 25.6 Å². The van der Waals surface area contributed by atoms with E-state index in [2.05, 4.69) is 20.0 Å². The number of carbonyl (C=O) groups excluding carboxylic acids is 1. The molecular formula is C21H26ClN6O7P. The van der Waals surface area contributed by atoms with Crippen molar-refractivity contribution in [1.82, 2.24) is 24.6 Å². The Morgan fingerprint density at radius 1 is 1.39 bits per heavy atom. The number of imidazole rings is 1. The number of hydrogen-bond acceptors (Lipinski definition) is 11. The van der Waals surface area contributed by atoms with E-state index in [0.29, 0.717) is 11.2 Å². The number of rotatable bonds is 10. The maximum Gasteiger partial charge on any atom is 0.459 e. The van der Waals surface area contributed by atoms with Gasteiger partial charge in [-0.1, -0.05) is 18.2 Å². The van der Waals surface area contributed by atoms with Gasteiger partial charge in [0.2, 0.25) is 5.28 Å². The van der Waals surface area contributed by atoms with E-state index in [9.17, 15) is 14.5 Å². The number of aliphatic hydroxyl groups excluding tert-OH is 1. The van der Waals surface area contributed by atoms with Crippen LogP contribution in [0.3, 0.4) is 0 Å². The van der Waals surface area contributed by atoms with Gasteiger partial charge >= 0.3 is 13.7 Å². The largest absolute Gasteiger partial charge is 0.465 e. The summed E-state index contributed by atoms with van der Waals surface area (Å²) in [5.74, 6) is -0.247. The summed E-state index contributed by atoms with van der Waals surface area (Å²) in [4.78, 5) is 24.3. The number of aliphatic hydroxyl groups is 1. The molecule has 0 bridgehead atoms. The fraction of sp³-hybridized carbons (Fsp3) is 0.429. The second-order valence-corrected chi connectivity index (χ2v) is 9.99. The van der Waals surface area contributed by atoms with Crippen molar-refractivity contribution in [3.63, 3.8) is 0 Å². The highest BCUT2D eigenvalue weighted by atomic mass is 35.5. The van der Waals surface area contributed by atoms with Gasteiger partial charge in [-0.2, -0.15) is 15.1 Å². The molecule has 0 radical (unpaired) electrons. The molecule has 1 aliphatic rings. The van der Waals surface area contributed by atoms with Crippen molar-refractivity contribution in [2.24, 2.45) is 0 Å². The van der Waals surface area contributed by atoms with Crippen molar-refractivity contribution >= 4 is 42.3 Å². The van der Waals surface area contributed by atoms with Crippen molar-refractivity contribution in [3.8, 4) is 5.75 Å². The summed E-state index contributed by atoms with van der Waals surface area (Å²) in [5.41, 5.74) is 6.46. The number of aromatic nitrogens is 4. The summed E-state index contributed by atoms with van der Waals surface area (Å²) in [5, 5.41) is 13.2. The number of para-hydroxylation sites is 1. The van der Waals surface area contributed by atoms with Gasteiger partial charge in [0, 0.05) is 6.42 Å². The number of nitrogens with one attached hydrogen (secondary N) is 1. The van der Waals surface area contributed by atoms with E-state index in [1.54, 1.807) is 37.3 Å². The van der Waals surface area contributed by atoms with Crippen LogP contribution in [0, 0.1) is 0 Å². The first-order valence-corrected chi connectivity index (χ1v) is 13.0. The highest BCUT2D eigenvalue weighted by molar-refractivity contribution is 7.52. The van der Waals surface area contributed by atoms with E-state index < -0.39 is 38.2 Å². The Kier molecular flexibility index (Phi) is 8.08. The number of nitrogen functional groups attached to an aromatic ring is 1. The molecule has 1 saturated heterocycles. The quantitative estimate of drug-likeness (QED) is 0.195. The minimum absolute atomic E-state index is 0.0742. The molecule has 1 aliphatic heterocycles. The predicted octanol–water partition coefficient (Wildman–Crippen LogP) is 2.46. The summed E-state index contributed by atoms with van der Waals surface area (Å²) in [7, 11) is -4.07. The number of anilines is 1. The molecule has 0 amide bonds. The molecule has 1 unspecified atom stereocenters. The number of fused-ring (bicyclic) bond motifs is 1. The fourth-order valence-corrected chi connectivity index (χ4v) is 5.33. The van der Waals surface area contributed by atoms with Crippen molar-refractivity contribution in [3.05, 3.63) is 41.9 Å². The SMILES string of the molecule is CCOC(=O)[C@H](C)NP(=O)(OC[C@@H]1C[C@@H](O)[C@H](n2cnc3c(N)nc(Cl)nc32)O1)Oc1ccccc1. The zero-order chi connectivity index (χ0) is 25.9. The number of ether oxygens (including phenoxy) is 2. The van der Waals surface area contributed by atoms with Crippen LogP contribution in [0.2, 0.25) is 5.28 Å². The zero-order valence-corrected chi connectivity index (χ0v) is 21.1. The van der Waals surface area contributed by atoms with Crippen LogP contribution in [-0.2, 0) is 23.4 Å². The lowest BCUT2D eigenvalue weighted by atomic mass is 10.2. The Labute approximate surface area is 211 Å². The Bertz CT molecular complexity index is 1260. The molecule has 3 aromatic rings. The lowest BCUT2D eigenvalue weighted by Crippen LogP contribution is -2.35. The molecule has 4 rings (SSSR count). The molecule has 15 heteroatoms. The van der Waals surface area contributed by atoms with Gasteiger partial charge in [-0.05, 0) is 37.6 Å². The average Bonchev–Trinajstić information content (AvgIpc) is 3.41. The maximum absolute atomic E-state index is 13.6. The fourth-order valence-electron chi connectivity index (χ4n) is 3.63. The smallest absolute Gasteiger partial charge is 0.459 e. The van der Waals surface area contributed by atoms with Gasteiger partial charge in [-0.25, -0.2) is 9.55 Å². The molecule has 36 heavy (non-hydrogen) atoms. The molecule has 0 saturated carbocycles.